The van der Waals surface area contributed by atoms with Crippen molar-refractivity contribution in [3.05, 3.63) is 35.8 Å². The normalized spacial score (nSPS) is 13.5. The maximum atomic E-state index is 11.8. The average Bonchev–Trinajstić information content (AvgIpc) is 3.00. The zero-order valence-electron chi connectivity index (χ0n) is 14.4. The molecule has 0 spiro atoms. The Morgan fingerprint density at radius 1 is 1.25 bits per heavy atom. The van der Waals surface area contributed by atoms with Gasteiger partial charge in [0.05, 0.1) is 12.2 Å². The van der Waals surface area contributed by atoms with Crippen LogP contribution in [0.4, 0.5) is 0 Å². The molecule has 1 N–H and O–H groups in total. The van der Waals surface area contributed by atoms with Crippen molar-refractivity contribution in [2.45, 2.75) is 58.4 Å². The molecule has 0 fully saturated rings. The van der Waals surface area contributed by atoms with Crippen LogP contribution >= 0.6 is 0 Å². The highest BCUT2D eigenvalue weighted by Crippen LogP contribution is 2.30. The van der Waals surface area contributed by atoms with Gasteiger partial charge in [-0.05, 0) is 44.2 Å². The molecule has 2 aromatic rings. The van der Waals surface area contributed by atoms with E-state index in [0.29, 0.717) is 13.0 Å². The van der Waals surface area contributed by atoms with Gasteiger partial charge in [-0.3, -0.25) is 14.5 Å². The van der Waals surface area contributed by atoms with E-state index in [4.69, 9.17) is 5.10 Å². The summed E-state index contributed by atoms with van der Waals surface area (Å²) in [6, 6.07) is 4.04. The van der Waals surface area contributed by atoms with Gasteiger partial charge in [0.25, 0.3) is 0 Å². The Bertz CT molecular complexity index is 678. The molecule has 0 saturated carbocycles. The molecule has 0 radical (unpaired) electrons. The summed E-state index contributed by atoms with van der Waals surface area (Å²) in [5.74, 6) is 0.146. The molecule has 1 aliphatic rings. The molecule has 0 atom stereocenters. The van der Waals surface area contributed by atoms with Crippen molar-refractivity contribution in [2.24, 2.45) is 0 Å². The van der Waals surface area contributed by atoms with Crippen molar-refractivity contribution in [1.82, 2.24) is 20.1 Å². The third kappa shape index (κ3) is 3.83. The molecule has 2 aromatic heterocycles. The van der Waals surface area contributed by atoms with Crippen LogP contribution in [-0.4, -0.2) is 27.2 Å². The molecule has 0 saturated heterocycles. The van der Waals surface area contributed by atoms with E-state index in [-0.39, 0.29) is 5.91 Å². The molecule has 2 heterocycles. The lowest BCUT2D eigenvalue weighted by Gasteiger charge is -2.14. The first-order valence-electron chi connectivity index (χ1n) is 9.05. The Morgan fingerprint density at radius 2 is 2.04 bits per heavy atom. The van der Waals surface area contributed by atoms with E-state index in [1.807, 2.05) is 24.5 Å². The van der Waals surface area contributed by atoms with Crippen LogP contribution in [0.15, 0.2) is 24.5 Å². The van der Waals surface area contributed by atoms with Crippen LogP contribution in [0.25, 0.3) is 11.3 Å². The third-order valence-corrected chi connectivity index (χ3v) is 4.61. The molecule has 5 heteroatoms. The minimum Gasteiger partial charge on any atom is -0.354 e. The Hall–Kier alpha value is -2.17. The van der Waals surface area contributed by atoms with Crippen LogP contribution in [0.2, 0.25) is 0 Å². The summed E-state index contributed by atoms with van der Waals surface area (Å²) in [5, 5.41) is 7.87. The van der Waals surface area contributed by atoms with Crippen LogP contribution < -0.4 is 5.32 Å². The molecule has 0 aromatic carbocycles. The van der Waals surface area contributed by atoms with E-state index in [1.165, 1.54) is 24.1 Å². The Labute approximate surface area is 143 Å². The van der Waals surface area contributed by atoms with E-state index in [0.717, 1.165) is 43.5 Å². The first kappa shape index (κ1) is 16.7. The molecule has 1 amide bonds. The predicted octanol–water partition coefficient (Wildman–Crippen LogP) is 3.13. The second-order valence-corrected chi connectivity index (χ2v) is 6.39. The van der Waals surface area contributed by atoms with Gasteiger partial charge in [0, 0.05) is 42.2 Å². The SMILES string of the molecule is CCCCC(=O)NCCn1nc(-c2ccncc2)c2c1CCCC2. The summed E-state index contributed by atoms with van der Waals surface area (Å²) in [4.78, 5) is 15.9. The van der Waals surface area contributed by atoms with Gasteiger partial charge in [0.1, 0.15) is 0 Å². The molecular formula is C19H26N4O. The Morgan fingerprint density at radius 3 is 2.83 bits per heavy atom. The number of rotatable bonds is 7. The standard InChI is InChI=1S/C19H26N4O/c1-2-3-8-18(24)21-13-14-23-17-7-5-4-6-16(17)19(22-23)15-9-11-20-12-10-15/h9-12H,2-8,13-14H2,1H3,(H,21,24). The summed E-state index contributed by atoms with van der Waals surface area (Å²) >= 11 is 0. The van der Waals surface area contributed by atoms with Gasteiger partial charge in [-0.1, -0.05) is 13.3 Å². The summed E-state index contributed by atoms with van der Waals surface area (Å²) < 4.78 is 2.10. The minimum absolute atomic E-state index is 0.146. The highest BCUT2D eigenvalue weighted by Gasteiger charge is 2.21. The lowest BCUT2D eigenvalue weighted by molar-refractivity contribution is -0.121. The van der Waals surface area contributed by atoms with Gasteiger partial charge in [0.15, 0.2) is 0 Å². The molecule has 128 valence electrons. The number of nitrogens with zero attached hydrogens (tertiary/aromatic N) is 3. The quantitative estimate of drug-likeness (QED) is 0.850. The van der Waals surface area contributed by atoms with Crippen molar-refractivity contribution in [3.8, 4) is 11.3 Å². The Balaban J connectivity index is 1.72. The highest BCUT2D eigenvalue weighted by atomic mass is 16.1. The molecule has 1 aliphatic carbocycles. The van der Waals surface area contributed by atoms with Crippen molar-refractivity contribution < 1.29 is 4.79 Å². The maximum absolute atomic E-state index is 11.8. The largest absolute Gasteiger partial charge is 0.354 e. The maximum Gasteiger partial charge on any atom is 0.220 e. The first-order chi connectivity index (χ1) is 11.8. The number of unbranched alkanes of at least 4 members (excludes halogenated alkanes) is 1. The van der Waals surface area contributed by atoms with E-state index >= 15 is 0 Å². The van der Waals surface area contributed by atoms with Crippen molar-refractivity contribution in [1.29, 1.82) is 0 Å². The third-order valence-electron chi connectivity index (χ3n) is 4.61. The number of hydrogen-bond donors (Lipinski definition) is 1. The summed E-state index contributed by atoms with van der Waals surface area (Å²) in [6.07, 6.45) is 10.9. The average molecular weight is 326 g/mol. The van der Waals surface area contributed by atoms with Gasteiger partial charge in [-0.25, -0.2) is 0 Å². The van der Waals surface area contributed by atoms with Gasteiger partial charge >= 0.3 is 0 Å². The fraction of sp³-hybridized carbons (Fsp3) is 0.526. The number of aromatic nitrogens is 3. The fourth-order valence-corrected chi connectivity index (χ4v) is 3.32. The highest BCUT2D eigenvalue weighted by molar-refractivity contribution is 5.75. The number of carbonyl (C=O) groups is 1. The molecule has 0 bridgehead atoms. The lowest BCUT2D eigenvalue weighted by Crippen LogP contribution is -2.27. The number of amides is 1. The van der Waals surface area contributed by atoms with Crippen molar-refractivity contribution in [3.63, 3.8) is 0 Å². The van der Waals surface area contributed by atoms with E-state index in [1.54, 1.807) is 0 Å². The number of hydrogen-bond acceptors (Lipinski definition) is 3. The van der Waals surface area contributed by atoms with Crippen molar-refractivity contribution in [2.75, 3.05) is 6.54 Å². The summed E-state index contributed by atoms with van der Waals surface area (Å²) in [6.45, 7) is 3.49. The number of pyridine rings is 1. The second-order valence-electron chi connectivity index (χ2n) is 6.39. The van der Waals surface area contributed by atoms with Crippen LogP contribution in [0, 0.1) is 0 Å². The predicted molar refractivity (Wildman–Crippen MR) is 94.6 cm³/mol. The number of fused-ring (bicyclic) bond motifs is 1. The van der Waals surface area contributed by atoms with Gasteiger partial charge in [-0.2, -0.15) is 5.10 Å². The zero-order chi connectivity index (χ0) is 16.8. The molecule has 24 heavy (non-hydrogen) atoms. The molecule has 0 unspecified atom stereocenters. The molecule has 5 nitrogen and oxygen atoms in total. The second kappa shape index (κ2) is 8.08. The summed E-state index contributed by atoms with van der Waals surface area (Å²) in [5.41, 5.74) is 4.94. The fourth-order valence-electron chi connectivity index (χ4n) is 3.32. The van der Waals surface area contributed by atoms with Gasteiger partial charge in [0.2, 0.25) is 5.91 Å². The zero-order valence-corrected chi connectivity index (χ0v) is 14.4. The lowest BCUT2D eigenvalue weighted by atomic mass is 9.94. The first-order valence-corrected chi connectivity index (χ1v) is 9.05. The van der Waals surface area contributed by atoms with Crippen LogP contribution in [0.1, 0.15) is 50.3 Å². The smallest absolute Gasteiger partial charge is 0.220 e. The summed E-state index contributed by atoms with van der Waals surface area (Å²) in [7, 11) is 0. The molecular weight excluding hydrogens is 300 g/mol. The van der Waals surface area contributed by atoms with Crippen LogP contribution in [0.5, 0.6) is 0 Å². The van der Waals surface area contributed by atoms with E-state index < -0.39 is 0 Å². The van der Waals surface area contributed by atoms with E-state index in [2.05, 4.69) is 21.9 Å². The van der Waals surface area contributed by atoms with E-state index in [9.17, 15) is 4.79 Å². The number of nitrogens with one attached hydrogen (secondary N) is 1. The monoisotopic (exact) mass is 326 g/mol. The van der Waals surface area contributed by atoms with Crippen LogP contribution in [-0.2, 0) is 24.2 Å². The molecule has 3 rings (SSSR count). The van der Waals surface area contributed by atoms with Gasteiger partial charge in [-0.15, -0.1) is 0 Å². The molecule has 0 aliphatic heterocycles. The van der Waals surface area contributed by atoms with Crippen molar-refractivity contribution >= 4 is 5.91 Å². The topological polar surface area (TPSA) is 59.8 Å². The van der Waals surface area contributed by atoms with Crippen LogP contribution in [0.3, 0.4) is 0 Å². The number of carbonyl (C=O) groups excluding carboxylic acids is 1. The minimum atomic E-state index is 0.146. The Kier molecular flexibility index (Phi) is 5.62. The van der Waals surface area contributed by atoms with Gasteiger partial charge < -0.3 is 5.32 Å².